The molecule has 0 aliphatic carbocycles. The van der Waals surface area contributed by atoms with Gasteiger partial charge in [-0.3, -0.25) is 9.67 Å². The summed E-state index contributed by atoms with van der Waals surface area (Å²) in [5, 5.41) is 12.5. The molecule has 0 unspecified atom stereocenters. The SMILES string of the molecule is CCn1cc(S(=O)(=O)N2CCCC[C@H]2c2nnc(-c3ccccn3)o2)c(C)n1. The molecular formula is C18H22N6O3S. The number of hydrogen-bond acceptors (Lipinski definition) is 7. The molecule has 1 aliphatic heterocycles. The predicted molar refractivity (Wildman–Crippen MR) is 101 cm³/mol. The molecule has 1 aliphatic rings. The van der Waals surface area contributed by atoms with Gasteiger partial charge >= 0.3 is 0 Å². The first-order chi connectivity index (χ1) is 13.5. The summed E-state index contributed by atoms with van der Waals surface area (Å²) in [5.41, 5.74) is 1.05. The molecule has 9 nitrogen and oxygen atoms in total. The van der Waals surface area contributed by atoms with Gasteiger partial charge in [-0.15, -0.1) is 10.2 Å². The lowest BCUT2D eigenvalue weighted by molar-refractivity contribution is 0.220. The Morgan fingerprint density at radius 1 is 1.25 bits per heavy atom. The second-order valence-corrected chi connectivity index (χ2v) is 8.58. The molecule has 0 amide bonds. The Labute approximate surface area is 163 Å². The zero-order valence-electron chi connectivity index (χ0n) is 15.8. The second kappa shape index (κ2) is 7.44. The van der Waals surface area contributed by atoms with Crippen LogP contribution in [0.5, 0.6) is 0 Å². The van der Waals surface area contributed by atoms with E-state index in [1.807, 2.05) is 13.0 Å². The van der Waals surface area contributed by atoms with E-state index in [0.717, 1.165) is 12.8 Å². The zero-order valence-corrected chi connectivity index (χ0v) is 16.6. The van der Waals surface area contributed by atoms with Gasteiger partial charge in [-0.05, 0) is 38.8 Å². The topological polar surface area (TPSA) is 107 Å². The first-order valence-electron chi connectivity index (χ1n) is 9.31. The zero-order chi connectivity index (χ0) is 19.7. The monoisotopic (exact) mass is 402 g/mol. The Morgan fingerprint density at radius 2 is 2.11 bits per heavy atom. The van der Waals surface area contributed by atoms with Crippen LogP contribution in [0.15, 0.2) is 39.9 Å². The maximum Gasteiger partial charge on any atom is 0.266 e. The predicted octanol–water partition coefficient (Wildman–Crippen LogP) is 2.57. The molecule has 1 atom stereocenters. The third-order valence-electron chi connectivity index (χ3n) is 4.88. The smallest absolute Gasteiger partial charge is 0.266 e. The van der Waals surface area contributed by atoms with Crippen molar-refractivity contribution in [2.24, 2.45) is 0 Å². The summed E-state index contributed by atoms with van der Waals surface area (Å²) in [7, 11) is -3.73. The summed E-state index contributed by atoms with van der Waals surface area (Å²) in [5.74, 6) is 0.581. The lowest BCUT2D eigenvalue weighted by Gasteiger charge is -2.32. The van der Waals surface area contributed by atoms with Crippen LogP contribution >= 0.6 is 0 Å². The van der Waals surface area contributed by atoms with E-state index in [9.17, 15) is 8.42 Å². The number of nitrogens with zero attached hydrogens (tertiary/aromatic N) is 6. The maximum absolute atomic E-state index is 13.4. The summed E-state index contributed by atoms with van der Waals surface area (Å²) in [6, 6.07) is 4.91. The lowest BCUT2D eigenvalue weighted by atomic mass is 10.1. The highest BCUT2D eigenvalue weighted by atomic mass is 32.2. The fraction of sp³-hybridized carbons (Fsp3) is 0.444. The van der Waals surface area contributed by atoms with Gasteiger partial charge in [0.25, 0.3) is 5.89 Å². The van der Waals surface area contributed by atoms with E-state index in [2.05, 4.69) is 20.3 Å². The van der Waals surface area contributed by atoms with Crippen LogP contribution < -0.4 is 0 Å². The van der Waals surface area contributed by atoms with E-state index >= 15 is 0 Å². The van der Waals surface area contributed by atoms with E-state index in [-0.39, 0.29) is 10.8 Å². The summed E-state index contributed by atoms with van der Waals surface area (Å²) in [4.78, 5) is 4.43. The van der Waals surface area contributed by atoms with Gasteiger partial charge in [0.2, 0.25) is 15.9 Å². The van der Waals surface area contributed by atoms with Gasteiger partial charge < -0.3 is 4.42 Å². The van der Waals surface area contributed by atoms with E-state index in [4.69, 9.17) is 4.42 Å². The molecule has 0 saturated carbocycles. The quantitative estimate of drug-likeness (QED) is 0.645. The van der Waals surface area contributed by atoms with Crippen LogP contribution in [0.3, 0.4) is 0 Å². The summed E-state index contributed by atoms with van der Waals surface area (Å²) in [6.07, 6.45) is 5.54. The maximum atomic E-state index is 13.4. The van der Waals surface area contributed by atoms with Gasteiger partial charge in [0.15, 0.2) is 0 Å². The van der Waals surface area contributed by atoms with Gasteiger partial charge in [-0.2, -0.15) is 9.40 Å². The van der Waals surface area contributed by atoms with Crippen LogP contribution in [0.1, 0.15) is 43.8 Å². The van der Waals surface area contributed by atoms with Crippen LogP contribution in [-0.2, 0) is 16.6 Å². The largest absolute Gasteiger partial charge is 0.417 e. The van der Waals surface area contributed by atoms with Crippen LogP contribution in [-0.4, -0.2) is 44.2 Å². The number of piperidine rings is 1. The number of sulfonamides is 1. The normalized spacial score (nSPS) is 18.4. The van der Waals surface area contributed by atoms with E-state index < -0.39 is 16.1 Å². The van der Waals surface area contributed by atoms with Crippen LogP contribution in [0.2, 0.25) is 0 Å². The number of aromatic nitrogens is 5. The fourth-order valence-corrected chi connectivity index (χ4v) is 5.26. The number of hydrogen-bond donors (Lipinski definition) is 0. The third kappa shape index (κ3) is 3.33. The van der Waals surface area contributed by atoms with Gasteiger partial charge in [0.05, 0.1) is 5.69 Å². The molecule has 148 valence electrons. The van der Waals surface area contributed by atoms with Crippen molar-refractivity contribution in [2.45, 2.75) is 50.6 Å². The Hall–Kier alpha value is -2.59. The van der Waals surface area contributed by atoms with Crippen molar-refractivity contribution in [3.8, 4) is 11.6 Å². The molecule has 0 N–H and O–H groups in total. The minimum atomic E-state index is -3.73. The Bertz CT molecular complexity index is 1060. The average Bonchev–Trinajstić information content (AvgIpc) is 3.36. The molecule has 1 saturated heterocycles. The molecule has 0 bridgehead atoms. The highest BCUT2D eigenvalue weighted by molar-refractivity contribution is 7.89. The molecule has 0 aromatic carbocycles. The second-order valence-electron chi connectivity index (χ2n) is 6.72. The Morgan fingerprint density at radius 3 is 2.82 bits per heavy atom. The van der Waals surface area contributed by atoms with Crippen molar-refractivity contribution in [1.82, 2.24) is 29.3 Å². The van der Waals surface area contributed by atoms with E-state index in [0.29, 0.717) is 36.8 Å². The summed E-state index contributed by atoms with van der Waals surface area (Å²) >= 11 is 0. The molecule has 3 aromatic rings. The molecule has 0 radical (unpaired) electrons. The van der Waals surface area contributed by atoms with Crippen molar-refractivity contribution in [3.05, 3.63) is 42.2 Å². The molecule has 4 heterocycles. The highest BCUT2D eigenvalue weighted by Crippen LogP contribution is 2.36. The van der Waals surface area contributed by atoms with Gasteiger partial charge in [-0.25, -0.2) is 8.42 Å². The van der Waals surface area contributed by atoms with Gasteiger partial charge in [0.1, 0.15) is 16.6 Å². The Balaban J connectivity index is 1.69. The number of aryl methyl sites for hydroxylation is 2. The van der Waals surface area contributed by atoms with Crippen LogP contribution in [0, 0.1) is 6.92 Å². The van der Waals surface area contributed by atoms with Crippen molar-refractivity contribution in [1.29, 1.82) is 0 Å². The fourth-order valence-electron chi connectivity index (χ4n) is 3.44. The molecule has 0 spiro atoms. The van der Waals surface area contributed by atoms with Crippen molar-refractivity contribution in [2.75, 3.05) is 6.54 Å². The summed E-state index contributed by atoms with van der Waals surface area (Å²) in [6.45, 7) is 4.65. The first kappa shape index (κ1) is 18.8. The molecule has 1 fully saturated rings. The Kier molecular flexibility index (Phi) is 4.98. The van der Waals surface area contributed by atoms with Crippen LogP contribution in [0.25, 0.3) is 11.6 Å². The number of rotatable bonds is 5. The molecular weight excluding hydrogens is 380 g/mol. The molecule has 28 heavy (non-hydrogen) atoms. The molecule has 3 aromatic heterocycles. The summed E-state index contributed by atoms with van der Waals surface area (Å²) < 4.78 is 35.7. The molecule has 10 heteroatoms. The van der Waals surface area contributed by atoms with Crippen molar-refractivity contribution in [3.63, 3.8) is 0 Å². The molecule has 4 rings (SSSR count). The minimum Gasteiger partial charge on any atom is -0.417 e. The van der Waals surface area contributed by atoms with E-state index in [1.165, 1.54) is 4.31 Å². The number of pyridine rings is 1. The van der Waals surface area contributed by atoms with Gasteiger partial charge in [-0.1, -0.05) is 12.5 Å². The van der Waals surface area contributed by atoms with Crippen molar-refractivity contribution >= 4 is 10.0 Å². The third-order valence-corrected chi connectivity index (χ3v) is 6.89. The van der Waals surface area contributed by atoms with Crippen LogP contribution in [0.4, 0.5) is 0 Å². The van der Waals surface area contributed by atoms with E-state index in [1.54, 1.807) is 36.1 Å². The van der Waals surface area contributed by atoms with Crippen molar-refractivity contribution < 1.29 is 12.8 Å². The highest BCUT2D eigenvalue weighted by Gasteiger charge is 2.39. The standard InChI is InChI=1S/C18H22N6O3S/c1-3-23-12-16(13(2)22-23)28(25,26)24-11-7-5-9-15(24)18-21-20-17(27-18)14-8-4-6-10-19-14/h4,6,8,10,12,15H,3,5,7,9,11H2,1-2H3/t15-/m0/s1. The van der Waals surface area contributed by atoms with Gasteiger partial charge in [0, 0.05) is 25.5 Å². The lowest BCUT2D eigenvalue weighted by Crippen LogP contribution is -2.38. The average molecular weight is 402 g/mol. The minimum absolute atomic E-state index is 0.228. The first-order valence-corrected chi connectivity index (χ1v) is 10.8.